The first-order chi connectivity index (χ1) is 9.08. The summed E-state index contributed by atoms with van der Waals surface area (Å²) in [7, 11) is 0. The highest BCUT2D eigenvalue weighted by Crippen LogP contribution is 2.25. The SMILES string of the molecule is Fc1cc(Br)cc(F)c1-n1c(=S)[nH]c2cccnc21. The van der Waals surface area contributed by atoms with Gasteiger partial charge in [-0.1, -0.05) is 15.9 Å². The maximum atomic E-state index is 14.0. The van der Waals surface area contributed by atoms with Crippen molar-refractivity contribution in [3.8, 4) is 5.69 Å². The van der Waals surface area contributed by atoms with Crippen LogP contribution >= 0.6 is 28.1 Å². The molecule has 0 aliphatic rings. The first-order valence-corrected chi connectivity index (χ1v) is 6.48. The highest BCUT2D eigenvalue weighted by Gasteiger charge is 2.17. The molecule has 1 aromatic carbocycles. The van der Waals surface area contributed by atoms with Gasteiger partial charge in [-0.2, -0.15) is 0 Å². The van der Waals surface area contributed by atoms with Gasteiger partial charge in [0.2, 0.25) is 0 Å². The van der Waals surface area contributed by atoms with Crippen molar-refractivity contribution < 1.29 is 8.78 Å². The minimum absolute atomic E-state index is 0.189. The molecular formula is C12H6BrF2N3S. The van der Waals surface area contributed by atoms with Gasteiger partial charge in [-0.15, -0.1) is 0 Å². The number of benzene rings is 1. The highest BCUT2D eigenvalue weighted by atomic mass is 79.9. The van der Waals surface area contributed by atoms with Gasteiger partial charge in [0.05, 0.1) is 5.52 Å². The van der Waals surface area contributed by atoms with Crippen LogP contribution in [0.1, 0.15) is 0 Å². The Kier molecular flexibility index (Phi) is 2.94. The Morgan fingerprint density at radius 2 is 1.95 bits per heavy atom. The number of nitrogens with zero attached hydrogens (tertiary/aromatic N) is 2. The number of H-pyrrole nitrogens is 1. The zero-order chi connectivity index (χ0) is 13.6. The summed E-state index contributed by atoms with van der Waals surface area (Å²) in [5.41, 5.74) is 0.764. The Morgan fingerprint density at radius 3 is 2.63 bits per heavy atom. The van der Waals surface area contributed by atoms with Gasteiger partial charge in [0, 0.05) is 10.7 Å². The summed E-state index contributed by atoms with van der Waals surface area (Å²) in [5, 5.41) is 0. The quantitative estimate of drug-likeness (QED) is 0.675. The molecule has 3 aromatic rings. The van der Waals surface area contributed by atoms with E-state index in [0.29, 0.717) is 15.6 Å². The molecule has 0 aliphatic carbocycles. The second-order valence-corrected chi connectivity index (χ2v) is 5.16. The lowest BCUT2D eigenvalue weighted by Crippen LogP contribution is -2.02. The fourth-order valence-corrected chi connectivity index (χ4v) is 2.59. The predicted molar refractivity (Wildman–Crippen MR) is 73.9 cm³/mol. The van der Waals surface area contributed by atoms with Crippen molar-refractivity contribution in [2.24, 2.45) is 0 Å². The van der Waals surface area contributed by atoms with Crippen molar-refractivity contribution in [1.82, 2.24) is 14.5 Å². The molecular weight excluding hydrogens is 336 g/mol. The van der Waals surface area contributed by atoms with Gasteiger partial charge >= 0.3 is 0 Å². The monoisotopic (exact) mass is 341 g/mol. The molecule has 2 aromatic heterocycles. The zero-order valence-corrected chi connectivity index (χ0v) is 11.7. The molecule has 0 bridgehead atoms. The van der Waals surface area contributed by atoms with E-state index in [1.165, 1.54) is 22.9 Å². The standard InChI is InChI=1S/C12H6BrF2N3S/c13-6-4-7(14)10(8(15)5-6)18-11-9(17-12(18)19)2-1-3-16-11/h1-5H,(H,17,19). The van der Waals surface area contributed by atoms with E-state index >= 15 is 0 Å². The van der Waals surface area contributed by atoms with Gasteiger partial charge in [-0.25, -0.2) is 13.8 Å². The van der Waals surface area contributed by atoms with E-state index in [1.54, 1.807) is 12.1 Å². The Hall–Kier alpha value is -1.60. The van der Waals surface area contributed by atoms with Crippen molar-refractivity contribution in [3.05, 3.63) is 51.3 Å². The van der Waals surface area contributed by atoms with E-state index < -0.39 is 11.6 Å². The third kappa shape index (κ3) is 1.98. The number of pyridine rings is 1. The summed E-state index contributed by atoms with van der Waals surface area (Å²) in [6, 6.07) is 5.82. The minimum Gasteiger partial charge on any atom is -0.329 e. The number of halogens is 3. The van der Waals surface area contributed by atoms with Gasteiger partial charge in [0.1, 0.15) is 5.69 Å². The molecule has 2 heterocycles. The van der Waals surface area contributed by atoms with E-state index in [4.69, 9.17) is 12.2 Å². The van der Waals surface area contributed by atoms with Crippen LogP contribution in [-0.2, 0) is 0 Å². The van der Waals surface area contributed by atoms with Crippen molar-refractivity contribution in [3.63, 3.8) is 0 Å². The lowest BCUT2D eigenvalue weighted by Gasteiger charge is -2.07. The molecule has 19 heavy (non-hydrogen) atoms. The Bertz CT molecular complexity index is 817. The average molecular weight is 342 g/mol. The largest absolute Gasteiger partial charge is 0.329 e. The molecule has 7 heteroatoms. The predicted octanol–water partition coefficient (Wildman–Crippen LogP) is 4.12. The number of hydrogen-bond donors (Lipinski definition) is 1. The highest BCUT2D eigenvalue weighted by molar-refractivity contribution is 9.10. The lowest BCUT2D eigenvalue weighted by atomic mass is 10.3. The normalized spacial score (nSPS) is 11.1. The Labute approximate surface area is 120 Å². The number of hydrogen-bond acceptors (Lipinski definition) is 2. The van der Waals surface area contributed by atoms with Crippen molar-refractivity contribution >= 4 is 39.3 Å². The van der Waals surface area contributed by atoms with Crippen LogP contribution in [0.4, 0.5) is 8.78 Å². The molecule has 0 amide bonds. The lowest BCUT2D eigenvalue weighted by molar-refractivity contribution is 0.568. The van der Waals surface area contributed by atoms with E-state index in [-0.39, 0.29) is 10.5 Å². The summed E-state index contributed by atoms with van der Waals surface area (Å²) < 4.78 is 29.8. The van der Waals surface area contributed by atoms with Crippen LogP contribution in [0.5, 0.6) is 0 Å². The summed E-state index contributed by atoms with van der Waals surface area (Å²) in [6.45, 7) is 0. The molecule has 3 nitrogen and oxygen atoms in total. The number of fused-ring (bicyclic) bond motifs is 1. The summed E-state index contributed by atoms with van der Waals surface area (Å²) in [4.78, 5) is 6.97. The smallest absolute Gasteiger partial charge is 0.184 e. The third-order valence-corrected chi connectivity index (χ3v) is 3.39. The number of rotatable bonds is 1. The van der Waals surface area contributed by atoms with Crippen molar-refractivity contribution in [2.75, 3.05) is 0 Å². The molecule has 3 rings (SSSR count). The van der Waals surface area contributed by atoms with E-state index in [1.807, 2.05) is 0 Å². The van der Waals surface area contributed by atoms with Crippen LogP contribution in [-0.4, -0.2) is 14.5 Å². The van der Waals surface area contributed by atoms with Crippen LogP contribution in [0, 0.1) is 16.4 Å². The number of nitrogens with one attached hydrogen (secondary N) is 1. The molecule has 0 saturated heterocycles. The maximum absolute atomic E-state index is 14.0. The second-order valence-electron chi connectivity index (χ2n) is 3.86. The summed E-state index contributed by atoms with van der Waals surface area (Å²) in [5.74, 6) is -1.43. The Balaban J connectivity index is 2.43. The fraction of sp³-hybridized carbons (Fsp3) is 0. The van der Waals surface area contributed by atoms with Gasteiger partial charge in [-0.05, 0) is 36.5 Å². The van der Waals surface area contributed by atoms with Gasteiger partial charge in [0.25, 0.3) is 0 Å². The van der Waals surface area contributed by atoms with Crippen LogP contribution in [0.2, 0.25) is 0 Å². The first-order valence-electron chi connectivity index (χ1n) is 5.28. The van der Waals surface area contributed by atoms with Crippen LogP contribution in [0.3, 0.4) is 0 Å². The van der Waals surface area contributed by atoms with Gasteiger partial charge < -0.3 is 4.98 Å². The van der Waals surface area contributed by atoms with Crippen LogP contribution in [0.15, 0.2) is 34.9 Å². The first kappa shape index (κ1) is 12.4. The van der Waals surface area contributed by atoms with Gasteiger partial charge in [0.15, 0.2) is 22.1 Å². The molecule has 0 spiro atoms. The number of aromatic amines is 1. The fourth-order valence-electron chi connectivity index (χ4n) is 1.90. The number of aromatic nitrogens is 3. The summed E-state index contributed by atoms with van der Waals surface area (Å²) >= 11 is 8.15. The average Bonchev–Trinajstić information content (AvgIpc) is 2.65. The summed E-state index contributed by atoms with van der Waals surface area (Å²) in [6.07, 6.45) is 1.54. The third-order valence-electron chi connectivity index (χ3n) is 2.65. The second kappa shape index (κ2) is 4.50. The Morgan fingerprint density at radius 1 is 1.26 bits per heavy atom. The molecule has 0 unspecified atom stereocenters. The molecule has 0 fully saturated rings. The van der Waals surface area contributed by atoms with Crippen LogP contribution in [0.25, 0.3) is 16.9 Å². The zero-order valence-electron chi connectivity index (χ0n) is 9.32. The van der Waals surface area contributed by atoms with Crippen molar-refractivity contribution in [2.45, 2.75) is 0 Å². The van der Waals surface area contributed by atoms with E-state index in [2.05, 4.69) is 25.9 Å². The molecule has 0 saturated carbocycles. The van der Waals surface area contributed by atoms with Crippen molar-refractivity contribution in [1.29, 1.82) is 0 Å². The maximum Gasteiger partial charge on any atom is 0.184 e. The van der Waals surface area contributed by atoms with Gasteiger partial charge in [-0.3, -0.25) is 4.57 Å². The van der Waals surface area contributed by atoms with Crippen LogP contribution < -0.4 is 0 Å². The molecule has 1 N–H and O–H groups in total. The van der Waals surface area contributed by atoms with E-state index in [0.717, 1.165) is 0 Å². The molecule has 0 atom stereocenters. The van der Waals surface area contributed by atoms with E-state index in [9.17, 15) is 8.78 Å². The minimum atomic E-state index is -0.713. The molecule has 0 radical (unpaired) electrons. The topological polar surface area (TPSA) is 33.6 Å². The molecule has 0 aliphatic heterocycles. The number of imidazole rings is 1. The molecule has 96 valence electrons.